The van der Waals surface area contributed by atoms with Crippen LogP contribution in [0.4, 0.5) is 0 Å². The lowest BCUT2D eigenvalue weighted by Gasteiger charge is -2.16. The van der Waals surface area contributed by atoms with E-state index in [1.165, 1.54) is 17.5 Å². The molecule has 0 bridgehead atoms. The summed E-state index contributed by atoms with van der Waals surface area (Å²) in [5.74, 6) is 0.661. The Kier molecular flexibility index (Phi) is 4.09. The second-order valence-electron chi connectivity index (χ2n) is 6.39. The zero-order valence-electron chi connectivity index (χ0n) is 12.7. The SMILES string of the molecule is CCCC1CC(=O)N(CC(=O)c2ccc3c(c2)CCC3)C1. The average Bonchev–Trinajstić information content (AvgIpc) is 3.05. The summed E-state index contributed by atoms with van der Waals surface area (Å²) in [6, 6.07) is 6.05. The molecular formula is C18H23NO2. The summed E-state index contributed by atoms with van der Waals surface area (Å²) in [5, 5.41) is 0. The maximum atomic E-state index is 12.4. The van der Waals surface area contributed by atoms with Crippen LogP contribution in [-0.2, 0) is 17.6 Å². The molecule has 1 heterocycles. The molecule has 3 heteroatoms. The predicted molar refractivity (Wildman–Crippen MR) is 82.4 cm³/mol. The Morgan fingerprint density at radius 3 is 2.90 bits per heavy atom. The second kappa shape index (κ2) is 6.00. The molecule has 3 rings (SSSR count). The first-order valence-electron chi connectivity index (χ1n) is 8.10. The lowest BCUT2D eigenvalue weighted by molar-refractivity contribution is -0.127. The number of likely N-dealkylation sites (tertiary alicyclic amines) is 1. The van der Waals surface area contributed by atoms with Crippen molar-refractivity contribution in [3.05, 3.63) is 34.9 Å². The molecule has 112 valence electrons. The van der Waals surface area contributed by atoms with Crippen LogP contribution in [0.3, 0.4) is 0 Å². The van der Waals surface area contributed by atoms with Crippen molar-refractivity contribution in [2.75, 3.05) is 13.1 Å². The van der Waals surface area contributed by atoms with Crippen molar-refractivity contribution >= 4 is 11.7 Å². The molecule has 1 unspecified atom stereocenters. The van der Waals surface area contributed by atoms with Crippen molar-refractivity contribution in [2.24, 2.45) is 5.92 Å². The van der Waals surface area contributed by atoms with Gasteiger partial charge in [0.25, 0.3) is 0 Å². The van der Waals surface area contributed by atoms with Gasteiger partial charge in [0.1, 0.15) is 0 Å². The zero-order chi connectivity index (χ0) is 14.8. The highest BCUT2D eigenvalue weighted by molar-refractivity contribution is 5.99. The number of benzene rings is 1. The summed E-state index contributed by atoms with van der Waals surface area (Å²) in [7, 11) is 0. The molecule has 1 atom stereocenters. The van der Waals surface area contributed by atoms with Crippen LogP contribution in [0.5, 0.6) is 0 Å². The molecule has 21 heavy (non-hydrogen) atoms. The van der Waals surface area contributed by atoms with Gasteiger partial charge in [0, 0.05) is 18.5 Å². The van der Waals surface area contributed by atoms with Gasteiger partial charge in [-0.2, -0.15) is 0 Å². The molecule has 0 saturated carbocycles. The van der Waals surface area contributed by atoms with Crippen molar-refractivity contribution in [2.45, 2.75) is 45.4 Å². The topological polar surface area (TPSA) is 37.4 Å². The van der Waals surface area contributed by atoms with E-state index in [9.17, 15) is 9.59 Å². The Morgan fingerprint density at radius 2 is 2.10 bits per heavy atom. The number of hydrogen-bond acceptors (Lipinski definition) is 2. The van der Waals surface area contributed by atoms with Gasteiger partial charge in [0.05, 0.1) is 6.54 Å². The maximum Gasteiger partial charge on any atom is 0.223 e. The van der Waals surface area contributed by atoms with Crippen LogP contribution < -0.4 is 0 Å². The standard InChI is InChI=1S/C18H23NO2/c1-2-4-13-9-18(21)19(11-13)12-17(20)16-8-7-14-5-3-6-15(14)10-16/h7-8,10,13H,2-6,9,11-12H2,1H3. The molecule has 3 nitrogen and oxygen atoms in total. The Labute approximate surface area is 126 Å². The quantitative estimate of drug-likeness (QED) is 0.780. The number of Topliss-reactive ketones (excluding diaryl/α,β-unsaturated/α-hetero) is 1. The third kappa shape index (κ3) is 3.02. The van der Waals surface area contributed by atoms with E-state index in [0.29, 0.717) is 12.3 Å². The minimum Gasteiger partial charge on any atom is -0.335 e. The van der Waals surface area contributed by atoms with Crippen molar-refractivity contribution in [1.29, 1.82) is 0 Å². The number of hydrogen-bond donors (Lipinski definition) is 0. The van der Waals surface area contributed by atoms with Crippen LogP contribution in [0.15, 0.2) is 18.2 Å². The number of carbonyl (C=O) groups is 2. The lowest BCUT2D eigenvalue weighted by Crippen LogP contribution is -2.31. The van der Waals surface area contributed by atoms with Crippen molar-refractivity contribution in [3.8, 4) is 0 Å². The predicted octanol–water partition coefficient (Wildman–Crippen LogP) is 3.01. The number of aryl methyl sites for hydroxylation is 2. The van der Waals surface area contributed by atoms with Gasteiger partial charge in [-0.25, -0.2) is 0 Å². The summed E-state index contributed by atoms with van der Waals surface area (Å²) in [6.45, 7) is 3.14. The Balaban J connectivity index is 1.65. The number of carbonyl (C=O) groups excluding carboxylic acids is 2. The van der Waals surface area contributed by atoms with Crippen molar-refractivity contribution < 1.29 is 9.59 Å². The molecule has 2 aliphatic rings. The average molecular weight is 285 g/mol. The zero-order valence-corrected chi connectivity index (χ0v) is 12.7. The van der Waals surface area contributed by atoms with Crippen molar-refractivity contribution in [3.63, 3.8) is 0 Å². The third-order valence-electron chi connectivity index (χ3n) is 4.75. The van der Waals surface area contributed by atoms with Crippen LogP contribution in [0, 0.1) is 5.92 Å². The van der Waals surface area contributed by atoms with E-state index in [0.717, 1.165) is 37.8 Å². The lowest BCUT2D eigenvalue weighted by atomic mass is 10.0. The molecule has 1 aliphatic heterocycles. The molecule has 0 radical (unpaired) electrons. The van der Waals surface area contributed by atoms with Crippen LogP contribution >= 0.6 is 0 Å². The first-order valence-corrected chi connectivity index (χ1v) is 8.10. The largest absolute Gasteiger partial charge is 0.335 e. The minimum absolute atomic E-state index is 0.0789. The van der Waals surface area contributed by atoms with E-state index in [4.69, 9.17) is 0 Å². The number of ketones is 1. The number of amides is 1. The van der Waals surface area contributed by atoms with Crippen LogP contribution in [0.2, 0.25) is 0 Å². The molecule has 1 aliphatic carbocycles. The number of fused-ring (bicyclic) bond motifs is 1. The van der Waals surface area contributed by atoms with E-state index in [1.54, 1.807) is 4.90 Å². The minimum atomic E-state index is 0.0789. The Morgan fingerprint density at radius 1 is 1.29 bits per heavy atom. The Hall–Kier alpha value is -1.64. The number of rotatable bonds is 5. The van der Waals surface area contributed by atoms with Gasteiger partial charge < -0.3 is 4.90 Å². The van der Waals surface area contributed by atoms with Gasteiger partial charge in [0.15, 0.2) is 5.78 Å². The summed E-state index contributed by atoms with van der Waals surface area (Å²) in [5.41, 5.74) is 3.46. The smallest absolute Gasteiger partial charge is 0.223 e. The van der Waals surface area contributed by atoms with Gasteiger partial charge in [-0.15, -0.1) is 0 Å². The molecule has 1 aromatic rings. The fraction of sp³-hybridized carbons (Fsp3) is 0.556. The van der Waals surface area contributed by atoms with E-state index in [2.05, 4.69) is 13.0 Å². The third-order valence-corrected chi connectivity index (χ3v) is 4.75. The van der Waals surface area contributed by atoms with E-state index >= 15 is 0 Å². The van der Waals surface area contributed by atoms with E-state index in [-0.39, 0.29) is 18.2 Å². The first-order chi connectivity index (χ1) is 10.2. The van der Waals surface area contributed by atoms with E-state index in [1.807, 2.05) is 12.1 Å². The molecule has 0 spiro atoms. The molecule has 0 N–H and O–H groups in total. The fourth-order valence-electron chi connectivity index (χ4n) is 3.62. The van der Waals surface area contributed by atoms with Crippen molar-refractivity contribution in [1.82, 2.24) is 4.90 Å². The van der Waals surface area contributed by atoms with Crippen LogP contribution in [0.1, 0.15) is 54.1 Å². The first kappa shape index (κ1) is 14.3. The maximum absolute atomic E-state index is 12.4. The van der Waals surface area contributed by atoms with Gasteiger partial charge in [-0.3, -0.25) is 9.59 Å². The molecule has 1 saturated heterocycles. The summed E-state index contributed by atoms with van der Waals surface area (Å²) in [4.78, 5) is 26.1. The second-order valence-corrected chi connectivity index (χ2v) is 6.39. The monoisotopic (exact) mass is 285 g/mol. The summed E-state index contributed by atoms with van der Waals surface area (Å²) in [6.07, 6.45) is 6.20. The molecular weight excluding hydrogens is 262 g/mol. The molecule has 0 aromatic heterocycles. The normalized spacial score (nSPS) is 20.9. The summed E-state index contributed by atoms with van der Waals surface area (Å²) < 4.78 is 0. The van der Waals surface area contributed by atoms with E-state index < -0.39 is 0 Å². The van der Waals surface area contributed by atoms with Gasteiger partial charge in [0.2, 0.25) is 5.91 Å². The highest BCUT2D eigenvalue weighted by atomic mass is 16.2. The Bertz CT molecular complexity index is 564. The number of nitrogens with zero attached hydrogens (tertiary/aromatic N) is 1. The highest BCUT2D eigenvalue weighted by Crippen LogP contribution is 2.25. The summed E-state index contributed by atoms with van der Waals surface area (Å²) >= 11 is 0. The molecule has 1 aromatic carbocycles. The fourth-order valence-corrected chi connectivity index (χ4v) is 3.62. The van der Waals surface area contributed by atoms with Gasteiger partial charge in [-0.05, 0) is 48.8 Å². The molecule has 1 amide bonds. The van der Waals surface area contributed by atoms with Crippen LogP contribution in [-0.4, -0.2) is 29.7 Å². The van der Waals surface area contributed by atoms with Gasteiger partial charge in [-0.1, -0.05) is 25.5 Å². The highest BCUT2D eigenvalue weighted by Gasteiger charge is 2.30. The van der Waals surface area contributed by atoms with Gasteiger partial charge >= 0.3 is 0 Å². The van der Waals surface area contributed by atoms with Crippen LogP contribution in [0.25, 0.3) is 0 Å². The molecule has 1 fully saturated rings.